The maximum atomic E-state index is 12.4. The van der Waals surface area contributed by atoms with Gasteiger partial charge in [-0.3, -0.25) is 9.59 Å². The number of aryl methyl sites for hydroxylation is 1. The van der Waals surface area contributed by atoms with Gasteiger partial charge in [0.15, 0.2) is 6.10 Å². The van der Waals surface area contributed by atoms with Crippen LogP contribution in [0.4, 0.5) is 5.69 Å². The fraction of sp³-hybridized carbons (Fsp3) is 0.263. The Balaban J connectivity index is 2.12. The van der Waals surface area contributed by atoms with Crippen LogP contribution in [0.3, 0.4) is 0 Å². The van der Waals surface area contributed by atoms with Crippen LogP contribution in [0.2, 0.25) is 0 Å². The first kappa shape index (κ1) is 17.5. The number of para-hydroxylation sites is 1. The molecule has 0 spiro atoms. The molecule has 0 bridgehead atoms. The van der Waals surface area contributed by atoms with Gasteiger partial charge in [0.1, 0.15) is 5.75 Å². The van der Waals surface area contributed by atoms with Gasteiger partial charge in [-0.1, -0.05) is 31.2 Å². The Morgan fingerprint density at radius 3 is 2.54 bits per heavy atom. The maximum absolute atomic E-state index is 12.4. The number of rotatable bonds is 6. The molecule has 0 aliphatic rings. The standard InChI is InChI=1S/C19H22N2O3/c1-4-14-8-5-6-11-17(14)24-13(3)19(23)21-16-10-7-9-15(12(16)2)18(20)22/h5-11,13H,4H2,1-3H3,(H2,20,22)(H,21,23). The molecule has 0 fully saturated rings. The Hall–Kier alpha value is -2.82. The Bertz CT molecular complexity index is 756. The highest BCUT2D eigenvalue weighted by atomic mass is 16.5. The molecule has 2 aromatic rings. The van der Waals surface area contributed by atoms with Crippen LogP contribution in [0.1, 0.15) is 35.3 Å². The van der Waals surface area contributed by atoms with Gasteiger partial charge in [0, 0.05) is 11.3 Å². The Morgan fingerprint density at radius 1 is 1.17 bits per heavy atom. The molecule has 1 atom stereocenters. The number of carbonyl (C=O) groups is 2. The van der Waals surface area contributed by atoms with Crippen molar-refractivity contribution in [1.29, 1.82) is 0 Å². The summed E-state index contributed by atoms with van der Waals surface area (Å²) in [6.45, 7) is 5.47. The molecule has 2 aromatic carbocycles. The third kappa shape index (κ3) is 3.93. The lowest BCUT2D eigenvalue weighted by Gasteiger charge is -2.18. The Morgan fingerprint density at radius 2 is 1.88 bits per heavy atom. The minimum atomic E-state index is -0.672. The molecule has 0 saturated heterocycles. The lowest BCUT2D eigenvalue weighted by Crippen LogP contribution is -2.31. The SMILES string of the molecule is CCc1ccccc1OC(C)C(=O)Nc1cccc(C(N)=O)c1C. The second kappa shape index (κ2) is 7.64. The van der Waals surface area contributed by atoms with Crippen molar-refractivity contribution < 1.29 is 14.3 Å². The van der Waals surface area contributed by atoms with Gasteiger partial charge in [0.05, 0.1) is 0 Å². The zero-order valence-electron chi connectivity index (χ0n) is 14.1. The quantitative estimate of drug-likeness (QED) is 0.856. The topological polar surface area (TPSA) is 81.4 Å². The number of carbonyl (C=O) groups excluding carboxylic acids is 2. The van der Waals surface area contributed by atoms with Gasteiger partial charge in [-0.05, 0) is 49.6 Å². The van der Waals surface area contributed by atoms with Gasteiger partial charge < -0.3 is 15.8 Å². The molecule has 126 valence electrons. The van der Waals surface area contributed by atoms with Crippen LogP contribution in [0.25, 0.3) is 0 Å². The highest BCUT2D eigenvalue weighted by Crippen LogP contribution is 2.22. The van der Waals surface area contributed by atoms with Crippen LogP contribution in [0, 0.1) is 6.92 Å². The summed E-state index contributed by atoms with van der Waals surface area (Å²) in [7, 11) is 0. The molecule has 0 aromatic heterocycles. The largest absolute Gasteiger partial charge is 0.481 e. The number of ether oxygens (including phenoxy) is 1. The molecule has 2 amide bonds. The monoisotopic (exact) mass is 326 g/mol. The van der Waals surface area contributed by atoms with E-state index in [-0.39, 0.29) is 5.91 Å². The van der Waals surface area contributed by atoms with Crippen LogP contribution in [0.15, 0.2) is 42.5 Å². The van der Waals surface area contributed by atoms with E-state index in [1.807, 2.05) is 31.2 Å². The smallest absolute Gasteiger partial charge is 0.265 e. The highest BCUT2D eigenvalue weighted by molar-refractivity contribution is 5.99. The summed E-state index contributed by atoms with van der Waals surface area (Å²) < 4.78 is 5.78. The predicted molar refractivity (Wildman–Crippen MR) is 94.2 cm³/mol. The lowest BCUT2D eigenvalue weighted by molar-refractivity contribution is -0.122. The summed E-state index contributed by atoms with van der Waals surface area (Å²) in [6.07, 6.45) is 0.152. The normalized spacial score (nSPS) is 11.6. The summed E-state index contributed by atoms with van der Waals surface area (Å²) in [5.41, 5.74) is 7.95. The van der Waals surface area contributed by atoms with E-state index < -0.39 is 12.0 Å². The number of nitrogens with one attached hydrogen (secondary N) is 1. The van der Waals surface area contributed by atoms with Gasteiger partial charge in [0.2, 0.25) is 5.91 Å². The number of hydrogen-bond donors (Lipinski definition) is 2. The minimum absolute atomic E-state index is 0.286. The van der Waals surface area contributed by atoms with E-state index in [4.69, 9.17) is 10.5 Å². The number of amides is 2. The average Bonchev–Trinajstić information content (AvgIpc) is 2.56. The van der Waals surface area contributed by atoms with E-state index >= 15 is 0 Å². The summed E-state index contributed by atoms with van der Waals surface area (Å²) in [6, 6.07) is 12.7. The van der Waals surface area contributed by atoms with Crippen molar-refractivity contribution in [3.63, 3.8) is 0 Å². The number of primary amides is 1. The van der Waals surface area contributed by atoms with Crippen molar-refractivity contribution in [2.75, 3.05) is 5.32 Å². The molecule has 5 nitrogen and oxygen atoms in total. The van der Waals surface area contributed by atoms with Crippen molar-refractivity contribution in [3.8, 4) is 5.75 Å². The van der Waals surface area contributed by atoms with E-state index in [1.54, 1.807) is 32.0 Å². The first-order chi connectivity index (χ1) is 11.4. The molecule has 2 rings (SSSR count). The zero-order chi connectivity index (χ0) is 17.7. The molecular formula is C19H22N2O3. The van der Waals surface area contributed by atoms with Gasteiger partial charge in [0.25, 0.3) is 5.91 Å². The number of anilines is 1. The highest BCUT2D eigenvalue weighted by Gasteiger charge is 2.18. The second-order valence-corrected chi connectivity index (χ2v) is 5.55. The van der Waals surface area contributed by atoms with Crippen LogP contribution in [0.5, 0.6) is 5.75 Å². The molecule has 0 radical (unpaired) electrons. The number of hydrogen-bond acceptors (Lipinski definition) is 3. The summed E-state index contributed by atoms with van der Waals surface area (Å²) >= 11 is 0. The van der Waals surface area contributed by atoms with Gasteiger partial charge >= 0.3 is 0 Å². The van der Waals surface area contributed by atoms with Crippen molar-refractivity contribution >= 4 is 17.5 Å². The molecule has 24 heavy (non-hydrogen) atoms. The van der Waals surface area contributed by atoms with Crippen molar-refractivity contribution in [2.24, 2.45) is 5.73 Å². The fourth-order valence-corrected chi connectivity index (χ4v) is 2.43. The molecule has 0 heterocycles. The molecular weight excluding hydrogens is 304 g/mol. The Kier molecular flexibility index (Phi) is 5.58. The van der Waals surface area contributed by atoms with Gasteiger partial charge in [-0.25, -0.2) is 0 Å². The third-order valence-electron chi connectivity index (χ3n) is 3.88. The van der Waals surface area contributed by atoms with E-state index in [9.17, 15) is 9.59 Å². The van der Waals surface area contributed by atoms with Crippen LogP contribution >= 0.6 is 0 Å². The van der Waals surface area contributed by atoms with Crippen molar-refractivity contribution in [3.05, 3.63) is 59.2 Å². The summed E-state index contributed by atoms with van der Waals surface area (Å²) in [5.74, 6) is -0.111. The lowest BCUT2D eigenvalue weighted by atomic mass is 10.1. The summed E-state index contributed by atoms with van der Waals surface area (Å²) in [4.78, 5) is 23.8. The number of benzene rings is 2. The van der Waals surface area contributed by atoms with Crippen LogP contribution in [-0.4, -0.2) is 17.9 Å². The summed E-state index contributed by atoms with van der Waals surface area (Å²) in [5, 5.41) is 2.79. The average molecular weight is 326 g/mol. The Labute approximate surface area is 141 Å². The second-order valence-electron chi connectivity index (χ2n) is 5.55. The van der Waals surface area contributed by atoms with Gasteiger partial charge in [-0.2, -0.15) is 0 Å². The van der Waals surface area contributed by atoms with Crippen molar-refractivity contribution in [1.82, 2.24) is 0 Å². The predicted octanol–water partition coefficient (Wildman–Crippen LogP) is 3.06. The zero-order valence-corrected chi connectivity index (χ0v) is 14.1. The first-order valence-corrected chi connectivity index (χ1v) is 7.88. The van der Waals surface area contributed by atoms with Crippen LogP contribution < -0.4 is 15.8 Å². The molecule has 0 aliphatic carbocycles. The van der Waals surface area contributed by atoms with Gasteiger partial charge in [-0.15, -0.1) is 0 Å². The fourth-order valence-electron chi connectivity index (χ4n) is 2.43. The van der Waals surface area contributed by atoms with Crippen molar-refractivity contribution in [2.45, 2.75) is 33.3 Å². The molecule has 3 N–H and O–H groups in total. The molecule has 5 heteroatoms. The minimum Gasteiger partial charge on any atom is -0.481 e. The third-order valence-corrected chi connectivity index (χ3v) is 3.88. The maximum Gasteiger partial charge on any atom is 0.265 e. The molecule has 0 saturated carbocycles. The van der Waals surface area contributed by atoms with E-state index in [1.165, 1.54) is 0 Å². The first-order valence-electron chi connectivity index (χ1n) is 7.88. The molecule has 1 unspecified atom stereocenters. The van der Waals surface area contributed by atoms with E-state index in [0.717, 1.165) is 12.0 Å². The van der Waals surface area contributed by atoms with Crippen LogP contribution in [-0.2, 0) is 11.2 Å². The number of nitrogens with two attached hydrogens (primary N) is 1. The van der Waals surface area contributed by atoms with E-state index in [2.05, 4.69) is 5.32 Å². The van der Waals surface area contributed by atoms with E-state index in [0.29, 0.717) is 22.6 Å². The molecule has 0 aliphatic heterocycles.